The average Bonchev–Trinajstić information content (AvgIpc) is 3.00. The number of carboxylic acid groups (broad SMARTS) is 1. The van der Waals surface area contributed by atoms with E-state index in [0.29, 0.717) is 17.0 Å². The molecule has 0 radical (unpaired) electrons. The number of para-hydroxylation sites is 1. The van der Waals surface area contributed by atoms with Crippen LogP contribution in [0.2, 0.25) is 0 Å². The van der Waals surface area contributed by atoms with Gasteiger partial charge in [0.25, 0.3) is 5.91 Å². The number of aromatic nitrogens is 1. The summed E-state index contributed by atoms with van der Waals surface area (Å²) in [7, 11) is 1.51. The summed E-state index contributed by atoms with van der Waals surface area (Å²) in [6, 6.07) is 14.0. The van der Waals surface area contributed by atoms with Crippen LogP contribution < -0.4 is 10.2 Å². The number of carboxylic acids is 1. The maximum atomic E-state index is 12.4. The largest absolute Gasteiger partial charge is 0.496 e. The maximum Gasteiger partial charge on any atom is 0.337 e. The number of aryl methyl sites for hydroxylation is 2. The molecule has 2 aromatic carbocycles. The minimum absolute atomic E-state index is 0.211. The Kier molecular flexibility index (Phi) is 6.01. The van der Waals surface area contributed by atoms with Crippen molar-refractivity contribution in [3.8, 4) is 11.4 Å². The van der Waals surface area contributed by atoms with E-state index < -0.39 is 5.97 Å². The number of carbonyl (C=O) groups excluding carboxylic acids is 1. The van der Waals surface area contributed by atoms with Gasteiger partial charge in [0.2, 0.25) is 0 Å². The van der Waals surface area contributed by atoms with Gasteiger partial charge in [-0.05, 0) is 56.7 Å². The number of methoxy groups -OCH3 is 1. The van der Waals surface area contributed by atoms with E-state index in [4.69, 9.17) is 4.74 Å². The van der Waals surface area contributed by atoms with E-state index >= 15 is 0 Å². The zero-order valence-electron chi connectivity index (χ0n) is 17.3. The number of hydrazone groups is 1. The zero-order valence-corrected chi connectivity index (χ0v) is 17.3. The van der Waals surface area contributed by atoms with Crippen molar-refractivity contribution in [2.75, 3.05) is 7.11 Å². The lowest BCUT2D eigenvalue weighted by atomic mass is 10.1. The van der Waals surface area contributed by atoms with Gasteiger partial charge in [0.1, 0.15) is 5.75 Å². The number of ether oxygens (including phenoxy) is 1. The highest BCUT2D eigenvalue weighted by molar-refractivity contribution is 5.97. The van der Waals surface area contributed by atoms with Crippen LogP contribution in [-0.4, -0.2) is 34.9 Å². The smallest absolute Gasteiger partial charge is 0.337 e. The fourth-order valence-corrected chi connectivity index (χ4v) is 3.35. The first-order valence-corrected chi connectivity index (χ1v) is 9.33. The summed E-state index contributed by atoms with van der Waals surface area (Å²) in [5, 5.41) is 13.6. The number of rotatable bonds is 6. The molecule has 0 saturated heterocycles. The Bertz CT molecular complexity index is 1150. The molecule has 7 nitrogen and oxygen atoms in total. The Hall–Kier alpha value is -3.87. The van der Waals surface area contributed by atoms with E-state index in [-0.39, 0.29) is 11.5 Å². The first kappa shape index (κ1) is 20.9. The van der Waals surface area contributed by atoms with E-state index in [9.17, 15) is 14.7 Å². The molecule has 3 rings (SSSR count). The molecule has 3 aromatic rings. The second-order valence-electron chi connectivity index (χ2n) is 6.89. The fraction of sp³-hybridized carbons (Fsp3) is 0.174. The van der Waals surface area contributed by atoms with Crippen molar-refractivity contribution in [3.63, 3.8) is 0 Å². The van der Waals surface area contributed by atoms with E-state index in [2.05, 4.69) is 10.5 Å². The number of hydrogen-bond acceptors (Lipinski definition) is 4. The van der Waals surface area contributed by atoms with Crippen LogP contribution in [0, 0.1) is 20.8 Å². The lowest BCUT2D eigenvalue weighted by molar-refractivity contribution is 0.0696. The third-order valence-electron chi connectivity index (χ3n) is 4.82. The van der Waals surface area contributed by atoms with Gasteiger partial charge in [-0.15, -0.1) is 0 Å². The molecule has 0 aliphatic rings. The van der Waals surface area contributed by atoms with E-state index in [0.717, 1.165) is 22.5 Å². The lowest BCUT2D eigenvalue weighted by Gasteiger charge is -2.12. The summed E-state index contributed by atoms with van der Waals surface area (Å²) >= 11 is 0. The predicted octanol–water partition coefficient (Wildman–Crippen LogP) is 3.87. The Balaban J connectivity index is 1.86. The van der Waals surface area contributed by atoms with Crippen LogP contribution in [0.15, 0.2) is 53.6 Å². The lowest BCUT2D eigenvalue weighted by Crippen LogP contribution is -2.18. The molecule has 0 spiro atoms. The summed E-state index contributed by atoms with van der Waals surface area (Å²) in [5.41, 5.74) is 7.11. The second kappa shape index (κ2) is 8.65. The minimum Gasteiger partial charge on any atom is -0.496 e. The van der Waals surface area contributed by atoms with Crippen LogP contribution in [0.5, 0.6) is 5.75 Å². The number of amides is 1. The van der Waals surface area contributed by atoms with Gasteiger partial charge in [-0.3, -0.25) is 4.79 Å². The van der Waals surface area contributed by atoms with E-state index in [1.54, 1.807) is 42.6 Å². The van der Waals surface area contributed by atoms with Crippen molar-refractivity contribution < 1.29 is 19.4 Å². The van der Waals surface area contributed by atoms with Crippen molar-refractivity contribution in [2.45, 2.75) is 20.8 Å². The highest BCUT2D eigenvalue weighted by Gasteiger charge is 2.16. The number of benzene rings is 2. The number of nitrogens with one attached hydrogen (secondary N) is 1. The summed E-state index contributed by atoms with van der Waals surface area (Å²) in [6.07, 6.45) is 1.54. The fourth-order valence-electron chi connectivity index (χ4n) is 3.35. The Morgan fingerprint density at radius 2 is 1.80 bits per heavy atom. The number of nitrogens with zero attached hydrogens (tertiary/aromatic N) is 2. The number of carbonyl (C=O) groups is 2. The van der Waals surface area contributed by atoms with Gasteiger partial charge < -0.3 is 14.4 Å². The molecule has 0 aliphatic carbocycles. The summed E-state index contributed by atoms with van der Waals surface area (Å²) in [5.74, 6) is -0.896. The molecule has 0 aliphatic heterocycles. The molecule has 0 saturated carbocycles. The molecular weight excluding hydrogens is 382 g/mol. The molecular formula is C23H23N3O4. The van der Waals surface area contributed by atoms with Crippen LogP contribution in [0.1, 0.15) is 43.2 Å². The van der Waals surface area contributed by atoms with Gasteiger partial charge >= 0.3 is 5.97 Å². The SMILES string of the molecule is COc1cc(C)ccc1C(=O)N/N=C\c1cc(C)n(-c2ccccc2C(=O)O)c1C. The molecule has 2 N–H and O–H groups in total. The molecule has 0 bridgehead atoms. The van der Waals surface area contributed by atoms with Crippen LogP contribution >= 0.6 is 0 Å². The Labute approximate surface area is 174 Å². The van der Waals surface area contributed by atoms with Crippen molar-refractivity contribution in [1.82, 2.24) is 9.99 Å². The second-order valence-corrected chi connectivity index (χ2v) is 6.89. The first-order valence-electron chi connectivity index (χ1n) is 9.33. The molecule has 1 amide bonds. The third kappa shape index (κ3) is 4.10. The Morgan fingerprint density at radius 1 is 1.07 bits per heavy atom. The first-order chi connectivity index (χ1) is 14.3. The summed E-state index contributed by atoms with van der Waals surface area (Å²) < 4.78 is 7.12. The van der Waals surface area contributed by atoms with Gasteiger partial charge in [-0.25, -0.2) is 10.2 Å². The standard InChI is InChI=1S/C23H23N3O4/c1-14-9-10-19(21(11-14)30-4)22(27)25-24-13-17-12-15(2)26(16(17)3)20-8-6-5-7-18(20)23(28)29/h5-13H,1-4H3,(H,25,27)(H,28,29)/b24-13-. The van der Waals surface area contributed by atoms with Crippen molar-refractivity contribution in [1.29, 1.82) is 0 Å². The van der Waals surface area contributed by atoms with Crippen LogP contribution in [-0.2, 0) is 0 Å². The topological polar surface area (TPSA) is 92.9 Å². The van der Waals surface area contributed by atoms with E-state index in [1.807, 2.05) is 37.5 Å². The quantitative estimate of drug-likeness (QED) is 0.481. The molecule has 154 valence electrons. The van der Waals surface area contributed by atoms with Gasteiger partial charge in [0.05, 0.1) is 30.1 Å². The molecule has 1 heterocycles. The molecule has 1 aromatic heterocycles. The average molecular weight is 405 g/mol. The predicted molar refractivity (Wildman–Crippen MR) is 115 cm³/mol. The van der Waals surface area contributed by atoms with Crippen LogP contribution in [0.4, 0.5) is 0 Å². The Morgan fingerprint density at radius 3 is 2.50 bits per heavy atom. The highest BCUT2D eigenvalue weighted by atomic mass is 16.5. The monoisotopic (exact) mass is 405 g/mol. The highest BCUT2D eigenvalue weighted by Crippen LogP contribution is 2.23. The van der Waals surface area contributed by atoms with Gasteiger partial charge in [0, 0.05) is 17.0 Å². The van der Waals surface area contributed by atoms with Crippen molar-refractivity contribution in [3.05, 3.63) is 82.2 Å². The minimum atomic E-state index is -0.993. The molecule has 7 heteroatoms. The maximum absolute atomic E-state index is 12.4. The van der Waals surface area contributed by atoms with Crippen molar-refractivity contribution >= 4 is 18.1 Å². The third-order valence-corrected chi connectivity index (χ3v) is 4.82. The number of aromatic carboxylic acids is 1. The van der Waals surface area contributed by atoms with Crippen molar-refractivity contribution in [2.24, 2.45) is 5.10 Å². The van der Waals surface area contributed by atoms with Crippen LogP contribution in [0.25, 0.3) is 5.69 Å². The number of hydrogen-bond donors (Lipinski definition) is 2. The van der Waals surface area contributed by atoms with Gasteiger partial charge in [-0.2, -0.15) is 5.10 Å². The summed E-state index contributed by atoms with van der Waals surface area (Å²) in [6.45, 7) is 5.68. The van der Waals surface area contributed by atoms with Gasteiger partial charge in [0.15, 0.2) is 0 Å². The zero-order chi connectivity index (χ0) is 21.8. The van der Waals surface area contributed by atoms with Crippen LogP contribution in [0.3, 0.4) is 0 Å². The van der Waals surface area contributed by atoms with E-state index in [1.165, 1.54) is 7.11 Å². The molecule has 0 unspecified atom stereocenters. The van der Waals surface area contributed by atoms with Gasteiger partial charge in [-0.1, -0.05) is 18.2 Å². The normalized spacial score (nSPS) is 10.9. The molecule has 0 atom stereocenters. The molecule has 30 heavy (non-hydrogen) atoms. The summed E-state index contributed by atoms with van der Waals surface area (Å²) in [4.78, 5) is 24.0. The molecule has 0 fully saturated rings.